The first-order valence-corrected chi connectivity index (χ1v) is 6.05. The van der Waals surface area contributed by atoms with Crippen LogP contribution in [0, 0.1) is 0 Å². The predicted octanol–water partition coefficient (Wildman–Crippen LogP) is 2.37. The van der Waals surface area contributed by atoms with Crippen LogP contribution in [0.3, 0.4) is 0 Å². The van der Waals surface area contributed by atoms with Crippen molar-refractivity contribution < 1.29 is 19.0 Å². The Hall–Kier alpha value is -0.390. The molecule has 1 saturated heterocycles. The van der Waals surface area contributed by atoms with Crippen LogP contribution in [0.4, 0.5) is 0 Å². The molecule has 1 rings (SSSR count). The van der Waals surface area contributed by atoms with Crippen molar-refractivity contribution in [2.45, 2.75) is 45.7 Å². The first-order chi connectivity index (χ1) is 7.35. The van der Waals surface area contributed by atoms with E-state index in [1.54, 1.807) is 13.0 Å². The number of rotatable bonds is 3. The van der Waals surface area contributed by atoms with E-state index in [0.717, 1.165) is 0 Å². The Bertz CT molecular complexity index is 298. The van der Waals surface area contributed by atoms with Crippen molar-refractivity contribution in [2.75, 3.05) is 6.61 Å². The van der Waals surface area contributed by atoms with E-state index < -0.39 is 5.79 Å². The fourth-order valence-electron chi connectivity index (χ4n) is 1.55. The van der Waals surface area contributed by atoms with Crippen molar-refractivity contribution in [3.63, 3.8) is 0 Å². The van der Waals surface area contributed by atoms with Crippen molar-refractivity contribution >= 4 is 21.9 Å². The molecule has 0 bridgehead atoms. The molecular formula is C11H17BrO4. The molecular weight excluding hydrogens is 276 g/mol. The highest BCUT2D eigenvalue weighted by Gasteiger charge is 2.37. The molecule has 4 nitrogen and oxygen atoms in total. The second kappa shape index (κ2) is 5.29. The van der Waals surface area contributed by atoms with Gasteiger partial charge in [0, 0.05) is 0 Å². The van der Waals surface area contributed by atoms with Gasteiger partial charge in [-0.25, -0.2) is 4.79 Å². The highest BCUT2D eigenvalue weighted by Crippen LogP contribution is 2.29. The summed E-state index contributed by atoms with van der Waals surface area (Å²) in [7, 11) is 0. The maximum absolute atomic E-state index is 11.4. The number of ether oxygens (including phenoxy) is 3. The zero-order chi connectivity index (χ0) is 12.3. The maximum Gasteiger partial charge on any atom is 0.344 e. The van der Waals surface area contributed by atoms with Crippen molar-refractivity contribution in [3.8, 4) is 0 Å². The lowest BCUT2D eigenvalue weighted by atomic mass is 10.2. The Morgan fingerprint density at radius 1 is 1.50 bits per heavy atom. The van der Waals surface area contributed by atoms with Gasteiger partial charge in [-0.2, -0.15) is 0 Å². The summed E-state index contributed by atoms with van der Waals surface area (Å²) in [5.74, 6) is -0.995. The van der Waals surface area contributed by atoms with E-state index in [1.165, 1.54) is 0 Å². The molecule has 1 aliphatic heterocycles. The van der Waals surface area contributed by atoms with Gasteiger partial charge in [-0.05, 0) is 49.7 Å². The molecule has 0 N–H and O–H groups in total. The van der Waals surface area contributed by atoms with Crippen molar-refractivity contribution in [1.29, 1.82) is 0 Å². The number of halogens is 1. The van der Waals surface area contributed by atoms with E-state index in [2.05, 4.69) is 15.9 Å². The van der Waals surface area contributed by atoms with Crippen LogP contribution < -0.4 is 0 Å². The molecule has 0 aromatic heterocycles. The quantitative estimate of drug-likeness (QED) is 0.592. The van der Waals surface area contributed by atoms with Gasteiger partial charge in [0.05, 0.1) is 12.7 Å². The van der Waals surface area contributed by atoms with Crippen LogP contribution in [0.15, 0.2) is 10.6 Å². The molecule has 16 heavy (non-hydrogen) atoms. The smallest absolute Gasteiger partial charge is 0.344 e. The van der Waals surface area contributed by atoms with Gasteiger partial charge in [-0.3, -0.25) is 0 Å². The second-order valence-corrected chi connectivity index (χ2v) is 4.89. The van der Waals surface area contributed by atoms with Crippen LogP contribution >= 0.6 is 15.9 Å². The van der Waals surface area contributed by atoms with Gasteiger partial charge in [0.15, 0.2) is 5.79 Å². The minimum absolute atomic E-state index is 0.0861. The molecule has 0 aromatic rings. The van der Waals surface area contributed by atoms with Gasteiger partial charge in [0.2, 0.25) is 0 Å². The fourth-order valence-corrected chi connectivity index (χ4v) is 1.92. The van der Waals surface area contributed by atoms with Crippen LogP contribution in [0.25, 0.3) is 0 Å². The summed E-state index contributed by atoms with van der Waals surface area (Å²) in [5.41, 5.74) is 0. The van der Waals surface area contributed by atoms with E-state index in [4.69, 9.17) is 14.2 Å². The van der Waals surface area contributed by atoms with Crippen LogP contribution in [-0.2, 0) is 19.0 Å². The number of hydrogen-bond acceptors (Lipinski definition) is 4. The standard InChI is InChI=1S/C11H17BrO4/c1-5-14-10(13)8(12)6-9-7(2)15-11(3,4)16-9/h6-7,9H,5H2,1-4H3/b8-6-/t7-,9-/m0/s1. The third-order valence-electron chi connectivity index (χ3n) is 2.13. The largest absolute Gasteiger partial charge is 0.462 e. The minimum Gasteiger partial charge on any atom is -0.462 e. The topological polar surface area (TPSA) is 44.8 Å². The summed E-state index contributed by atoms with van der Waals surface area (Å²) in [5, 5.41) is 0. The summed E-state index contributed by atoms with van der Waals surface area (Å²) < 4.78 is 16.4. The number of esters is 1. The molecule has 1 aliphatic rings. The van der Waals surface area contributed by atoms with Gasteiger partial charge >= 0.3 is 5.97 Å². The Morgan fingerprint density at radius 2 is 2.12 bits per heavy atom. The second-order valence-electron chi connectivity index (χ2n) is 4.04. The van der Waals surface area contributed by atoms with Gasteiger partial charge in [-0.15, -0.1) is 0 Å². The summed E-state index contributed by atoms with van der Waals surface area (Å²) in [6.07, 6.45) is 1.35. The molecule has 2 atom stereocenters. The molecule has 1 heterocycles. The van der Waals surface area contributed by atoms with Crippen molar-refractivity contribution in [2.24, 2.45) is 0 Å². The fraction of sp³-hybridized carbons (Fsp3) is 0.727. The predicted molar refractivity (Wildman–Crippen MR) is 63.1 cm³/mol. The summed E-state index contributed by atoms with van der Waals surface area (Å²) in [4.78, 5) is 11.4. The van der Waals surface area contributed by atoms with Gasteiger partial charge < -0.3 is 14.2 Å². The first kappa shape index (κ1) is 13.7. The zero-order valence-corrected chi connectivity index (χ0v) is 11.5. The molecule has 1 fully saturated rings. The van der Waals surface area contributed by atoms with E-state index >= 15 is 0 Å². The molecule has 0 radical (unpaired) electrons. The van der Waals surface area contributed by atoms with E-state index in [1.807, 2.05) is 20.8 Å². The Labute approximate surface area is 104 Å². The van der Waals surface area contributed by atoms with Crippen LogP contribution in [0.5, 0.6) is 0 Å². The first-order valence-electron chi connectivity index (χ1n) is 5.26. The number of carbonyl (C=O) groups excluding carboxylic acids is 1. The van der Waals surface area contributed by atoms with Crippen molar-refractivity contribution in [1.82, 2.24) is 0 Å². The van der Waals surface area contributed by atoms with Crippen LogP contribution in [0.1, 0.15) is 27.7 Å². The lowest BCUT2D eigenvalue weighted by molar-refractivity contribution is -0.142. The third-order valence-corrected chi connectivity index (χ3v) is 2.72. The Kier molecular flexibility index (Phi) is 4.52. The summed E-state index contributed by atoms with van der Waals surface area (Å²) >= 11 is 3.17. The monoisotopic (exact) mass is 292 g/mol. The molecule has 92 valence electrons. The van der Waals surface area contributed by atoms with Gasteiger partial charge in [0.25, 0.3) is 0 Å². The van der Waals surface area contributed by atoms with E-state index in [0.29, 0.717) is 11.1 Å². The maximum atomic E-state index is 11.4. The molecule has 0 spiro atoms. The molecule has 0 aliphatic carbocycles. The van der Waals surface area contributed by atoms with Gasteiger partial charge in [0.1, 0.15) is 10.6 Å². The molecule has 0 amide bonds. The highest BCUT2D eigenvalue weighted by atomic mass is 79.9. The highest BCUT2D eigenvalue weighted by molar-refractivity contribution is 9.12. The molecule has 0 unspecified atom stereocenters. The molecule has 0 aromatic carbocycles. The normalized spacial score (nSPS) is 29.2. The summed E-state index contributed by atoms with van der Waals surface area (Å²) in [6, 6.07) is 0. The lowest BCUT2D eigenvalue weighted by Gasteiger charge is -2.15. The SMILES string of the molecule is CCOC(=O)/C(Br)=C/[C@@H]1OC(C)(C)O[C@H]1C. The molecule has 0 saturated carbocycles. The van der Waals surface area contributed by atoms with E-state index in [-0.39, 0.29) is 18.2 Å². The van der Waals surface area contributed by atoms with E-state index in [9.17, 15) is 4.79 Å². The van der Waals surface area contributed by atoms with Crippen molar-refractivity contribution in [3.05, 3.63) is 10.6 Å². The van der Waals surface area contributed by atoms with Gasteiger partial charge in [-0.1, -0.05) is 0 Å². The molecule has 5 heteroatoms. The zero-order valence-electron chi connectivity index (χ0n) is 9.95. The Morgan fingerprint density at radius 3 is 2.56 bits per heavy atom. The third kappa shape index (κ3) is 3.57. The Balaban J connectivity index is 2.66. The number of hydrogen-bond donors (Lipinski definition) is 0. The number of carbonyl (C=O) groups is 1. The summed E-state index contributed by atoms with van der Waals surface area (Å²) in [6.45, 7) is 7.70. The average molecular weight is 293 g/mol. The van der Waals surface area contributed by atoms with Crippen LogP contribution in [-0.4, -0.2) is 30.6 Å². The lowest BCUT2D eigenvalue weighted by Crippen LogP contribution is -2.21. The average Bonchev–Trinajstić information content (AvgIpc) is 2.40. The van der Waals surface area contributed by atoms with Crippen LogP contribution in [0.2, 0.25) is 0 Å². The minimum atomic E-state index is -0.609.